The topological polar surface area (TPSA) is 9.23 Å². The predicted octanol–water partition coefficient (Wildman–Crippen LogP) is 9.66. The lowest BCUT2D eigenvalue weighted by Crippen LogP contribution is -2.53. The highest BCUT2D eigenvalue weighted by Gasteiger charge is 2.27. The van der Waals surface area contributed by atoms with Gasteiger partial charge in [0.25, 0.3) is 0 Å². The molecular formula is C43H30BClO. The molecule has 1 nitrogen and oxygen atoms in total. The molecule has 218 valence electrons. The van der Waals surface area contributed by atoms with E-state index in [1.54, 1.807) is 7.11 Å². The van der Waals surface area contributed by atoms with E-state index in [1.807, 2.05) is 12.1 Å². The third-order valence-electron chi connectivity index (χ3n) is 9.17. The smallest absolute Gasteiger partial charge is 0.242 e. The van der Waals surface area contributed by atoms with Gasteiger partial charge in [-0.2, -0.15) is 0 Å². The molecule has 0 N–H and O–H groups in total. The number of benzene rings is 8. The van der Waals surface area contributed by atoms with E-state index in [0.29, 0.717) is 5.02 Å². The van der Waals surface area contributed by atoms with Crippen LogP contribution in [0.2, 0.25) is 5.02 Å². The molecule has 0 aromatic heterocycles. The average Bonchev–Trinajstić information content (AvgIpc) is 3.12. The number of halogens is 1. The highest BCUT2D eigenvalue weighted by molar-refractivity contribution is 6.97. The maximum Gasteiger partial charge on any atom is 0.242 e. The number of hydrogen-bond acceptors (Lipinski definition) is 1. The highest BCUT2D eigenvalue weighted by Crippen LogP contribution is 2.41. The van der Waals surface area contributed by atoms with Crippen LogP contribution in [0.5, 0.6) is 5.75 Å². The third-order valence-corrected chi connectivity index (χ3v) is 9.40. The van der Waals surface area contributed by atoms with Gasteiger partial charge in [0.1, 0.15) is 5.75 Å². The molecule has 3 heteroatoms. The predicted molar refractivity (Wildman–Crippen MR) is 199 cm³/mol. The summed E-state index contributed by atoms with van der Waals surface area (Å²) in [5.74, 6) is 0.764. The van der Waals surface area contributed by atoms with Gasteiger partial charge in [-0.05, 0) is 73.3 Å². The van der Waals surface area contributed by atoms with Crippen molar-refractivity contribution in [1.82, 2.24) is 0 Å². The normalized spacial score (nSPS) is 11.3. The van der Waals surface area contributed by atoms with Crippen molar-refractivity contribution < 1.29 is 4.74 Å². The van der Waals surface area contributed by atoms with Crippen LogP contribution < -0.4 is 21.1 Å². The van der Waals surface area contributed by atoms with Gasteiger partial charge in [-0.1, -0.05) is 168 Å². The molecule has 8 aromatic carbocycles. The molecule has 46 heavy (non-hydrogen) atoms. The number of ether oxygens (including phenoxy) is 1. The zero-order valence-electron chi connectivity index (χ0n) is 25.5. The molecule has 0 fully saturated rings. The second-order valence-electron chi connectivity index (χ2n) is 11.7. The summed E-state index contributed by atoms with van der Waals surface area (Å²) in [4.78, 5) is 0. The first kappa shape index (κ1) is 28.2. The SMILES string of the molecule is COc1cc(Cl)ccc1-c1cc2c3ccccc3c(B(c3ccccc3)c3ccccc3-c3ccccc3)cc2c2ccccc12. The Morgan fingerprint density at radius 2 is 1.02 bits per heavy atom. The summed E-state index contributed by atoms with van der Waals surface area (Å²) in [7, 11) is 1.71. The molecular weight excluding hydrogens is 579 g/mol. The quantitative estimate of drug-likeness (QED) is 0.135. The first-order valence-electron chi connectivity index (χ1n) is 15.6. The van der Waals surface area contributed by atoms with Crippen LogP contribution in [0.4, 0.5) is 0 Å². The van der Waals surface area contributed by atoms with Gasteiger partial charge >= 0.3 is 0 Å². The van der Waals surface area contributed by atoms with E-state index in [-0.39, 0.29) is 6.71 Å². The van der Waals surface area contributed by atoms with Crippen molar-refractivity contribution in [2.45, 2.75) is 0 Å². The Morgan fingerprint density at radius 1 is 0.435 bits per heavy atom. The standard InChI is InChI=1S/C43H30BClO/c1-46-43-26-31(45)24-25-37(43)38-27-39-35-21-10-11-22-36(35)42(28-40(39)34-20-9-8-19-33(34)38)44(30-16-6-3-7-17-30)41-23-13-12-18-32(41)29-14-4-2-5-15-29/h2-28H,1H3. The fourth-order valence-electron chi connectivity index (χ4n) is 7.13. The van der Waals surface area contributed by atoms with Crippen molar-refractivity contribution >= 4 is 67.0 Å². The Morgan fingerprint density at radius 3 is 1.76 bits per heavy atom. The van der Waals surface area contributed by atoms with Crippen molar-refractivity contribution in [3.05, 3.63) is 169 Å². The lowest BCUT2D eigenvalue weighted by molar-refractivity contribution is 0.416. The second-order valence-corrected chi connectivity index (χ2v) is 12.2. The van der Waals surface area contributed by atoms with Crippen LogP contribution in [0.1, 0.15) is 0 Å². The number of fused-ring (bicyclic) bond motifs is 5. The van der Waals surface area contributed by atoms with Crippen molar-refractivity contribution in [2.75, 3.05) is 7.11 Å². The van der Waals surface area contributed by atoms with E-state index >= 15 is 0 Å². The molecule has 0 atom stereocenters. The van der Waals surface area contributed by atoms with Crippen LogP contribution in [0.15, 0.2) is 164 Å². The van der Waals surface area contributed by atoms with Crippen LogP contribution >= 0.6 is 11.6 Å². The first-order chi connectivity index (χ1) is 22.7. The van der Waals surface area contributed by atoms with Crippen LogP contribution in [0.3, 0.4) is 0 Å². The maximum absolute atomic E-state index is 6.39. The van der Waals surface area contributed by atoms with Crippen molar-refractivity contribution in [2.24, 2.45) is 0 Å². The fraction of sp³-hybridized carbons (Fsp3) is 0.0233. The van der Waals surface area contributed by atoms with Gasteiger partial charge in [0, 0.05) is 10.6 Å². The summed E-state index contributed by atoms with van der Waals surface area (Å²) in [6.45, 7) is 0.0155. The molecule has 8 rings (SSSR count). The lowest BCUT2D eigenvalue weighted by Gasteiger charge is -2.23. The number of hydrogen-bond donors (Lipinski definition) is 0. The second kappa shape index (κ2) is 11.9. The van der Waals surface area contributed by atoms with Crippen LogP contribution in [-0.4, -0.2) is 13.8 Å². The van der Waals surface area contributed by atoms with Gasteiger partial charge in [-0.15, -0.1) is 0 Å². The molecule has 0 unspecified atom stereocenters. The molecule has 0 aliphatic rings. The van der Waals surface area contributed by atoms with Crippen LogP contribution in [-0.2, 0) is 0 Å². The third kappa shape index (κ3) is 4.83. The summed E-state index contributed by atoms with van der Waals surface area (Å²) < 4.78 is 5.84. The molecule has 0 saturated heterocycles. The maximum atomic E-state index is 6.39. The first-order valence-corrected chi connectivity index (χ1v) is 16.0. The van der Waals surface area contributed by atoms with E-state index in [9.17, 15) is 0 Å². The number of rotatable bonds is 6. The summed E-state index contributed by atoms with van der Waals surface area (Å²) >= 11 is 6.39. The lowest BCUT2D eigenvalue weighted by atomic mass is 9.35. The highest BCUT2D eigenvalue weighted by atomic mass is 35.5. The molecule has 0 saturated carbocycles. The molecule has 0 bridgehead atoms. The van der Waals surface area contributed by atoms with Gasteiger partial charge in [0.05, 0.1) is 7.11 Å². The van der Waals surface area contributed by atoms with Gasteiger partial charge in [-0.3, -0.25) is 0 Å². The average molecular weight is 609 g/mol. The van der Waals surface area contributed by atoms with Crippen LogP contribution in [0, 0.1) is 0 Å². The Hall–Kier alpha value is -5.31. The van der Waals surface area contributed by atoms with E-state index in [4.69, 9.17) is 16.3 Å². The summed E-state index contributed by atoms with van der Waals surface area (Å²) in [6.07, 6.45) is 0. The minimum absolute atomic E-state index is 0.0155. The zero-order chi connectivity index (χ0) is 31.0. The molecule has 0 radical (unpaired) electrons. The van der Waals surface area contributed by atoms with Gasteiger partial charge in [0.15, 0.2) is 0 Å². The molecule has 0 heterocycles. The van der Waals surface area contributed by atoms with Gasteiger partial charge in [0.2, 0.25) is 6.71 Å². The minimum atomic E-state index is 0.0155. The Kier molecular flexibility index (Phi) is 7.29. The van der Waals surface area contributed by atoms with E-state index < -0.39 is 0 Å². The molecule has 0 amide bonds. The molecule has 8 aromatic rings. The molecule has 0 aliphatic heterocycles. The largest absolute Gasteiger partial charge is 0.496 e. The van der Waals surface area contributed by atoms with Crippen molar-refractivity contribution in [3.8, 4) is 28.0 Å². The monoisotopic (exact) mass is 608 g/mol. The summed E-state index contributed by atoms with van der Waals surface area (Å²) in [6, 6.07) is 58.8. The Bertz CT molecular complexity index is 2370. The van der Waals surface area contributed by atoms with Gasteiger partial charge < -0.3 is 4.74 Å². The van der Waals surface area contributed by atoms with Gasteiger partial charge in [-0.25, -0.2) is 0 Å². The van der Waals surface area contributed by atoms with Crippen molar-refractivity contribution in [1.29, 1.82) is 0 Å². The summed E-state index contributed by atoms with van der Waals surface area (Å²) in [5, 5.41) is 7.97. The Labute approximate surface area is 274 Å². The fourth-order valence-corrected chi connectivity index (χ4v) is 7.29. The summed E-state index contributed by atoms with van der Waals surface area (Å²) in [5.41, 5.74) is 8.46. The van der Waals surface area contributed by atoms with E-state index in [0.717, 1.165) is 16.9 Å². The molecule has 0 spiro atoms. The zero-order valence-corrected chi connectivity index (χ0v) is 26.2. The van der Waals surface area contributed by atoms with E-state index in [2.05, 4.69) is 152 Å². The number of methoxy groups -OCH3 is 1. The van der Waals surface area contributed by atoms with Crippen molar-refractivity contribution in [3.63, 3.8) is 0 Å². The van der Waals surface area contributed by atoms with Crippen LogP contribution in [0.25, 0.3) is 54.6 Å². The van der Waals surface area contributed by atoms with E-state index in [1.165, 1.54) is 59.8 Å². The molecule has 0 aliphatic carbocycles. The minimum Gasteiger partial charge on any atom is -0.496 e. The Balaban J connectivity index is 1.48.